The van der Waals surface area contributed by atoms with Gasteiger partial charge in [-0.15, -0.1) is 0 Å². The van der Waals surface area contributed by atoms with Crippen LogP contribution in [0.1, 0.15) is 35.6 Å². The van der Waals surface area contributed by atoms with E-state index in [4.69, 9.17) is 18.9 Å². The van der Waals surface area contributed by atoms with Gasteiger partial charge in [0.2, 0.25) is 13.6 Å². The number of benzene rings is 2. The number of nitrogens with zero attached hydrogens (tertiary/aromatic N) is 1. The van der Waals surface area contributed by atoms with Crippen molar-refractivity contribution in [1.82, 2.24) is 4.90 Å². The molecular formula is C21H19NO4. The van der Waals surface area contributed by atoms with Gasteiger partial charge in [0.05, 0.1) is 0 Å². The second-order valence-electron chi connectivity index (χ2n) is 7.04. The van der Waals surface area contributed by atoms with Crippen LogP contribution in [-0.4, -0.2) is 25.0 Å². The lowest BCUT2D eigenvalue weighted by Gasteiger charge is -2.39. The molecule has 5 heteroatoms. The number of hydrogen-bond donors (Lipinski definition) is 0. The van der Waals surface area contributed by atoms with E-state index < -0.39 is 0 Å². The smallest absolute Gasteiger partial charge is 0.231 e. The summed E-state index contributed by atoms with van der Waals surface area (Å²) in [7, 11) is 0. The van der Waals surface area contributed by atoms with Gasteiger partial charge < -0.3 is 23.8 Å². The van der Waals surface area contributed by atoms with E-state index in [1.165, 1.54) is 33.5 Å². The highest BCUT2D eigenvalue weighted by Gasteiger charge is 2.34. The van der Waals surface area contributed by atoms with Crippen molar-refractivity contribution >= 4 is 11.3 Å². The van der Waals surface area contributed by atoms with E-state index in [1.807, 2.05) is 6.07 Å². The van der Waals surface area contributed by atoms with Crippen molar-refractivity contribution < 1.29 is 18.9 Å². The summed E-state index contributed by atoms with van der Waals surface area (Å²) < 4.78 is 22.6. The average molecular weight is 349 g/mol. The van der Waals surface area contributed by atoms with E-state index in [0.717, 1.165) is 48.9 Å². The molecule has 0 radical (unpaired) electrons. The minimum absolute atomic E-state index is 0.313. The molecule has 4 aliphatic rings. The van der Waals surface area contributed by atoms with Crippen molar-refractivity contribution in [3.05, 3.63) is 46.5 Å². The highest BCUT2D eigenvalue weighted by atomic mass is 16.7. The fourth-order valence-electron chi connectivity index (χ4n) is 4.61. The molecule has 0 aromatic heterocycles. The van der Waals surface area contributed by atoms with Crippen LogP contribution < -0.4 is 18.9 Å². The van der Waals surface area contributed by atoms with Crippen molar-refractivity contribution in [1.29, 1.82) is 0 Å². The molecule has 0 saturated carbocycles. The number of fused-ring (bicyclic) bond motifs is 7. The van der Waals surface area contributed by atoms with Crippen LogP contribution in [0.5, 0.6) is 23.0 Å². The fourth-order valence-corrected chi connectivity index (χ4v) is 4.61. The molecule has 5 nitrogen and oxygen atoms in total. The molecule has 0 saturated heterocycles. The van der Waals surface area contributed by atoms with Gasteiger partial charge in [0, 0.05) is 29.9 Å². The summed E-state index contributed by atoms with van der Waals surface area (Å²) in [6.45, 7) is 4.70. The Labute approximate surface area is 151 Å². The van der Waals surface area contributed by atoms with Crippen molar-refractivity contribution in [3.63, 3.8) is 0 Å². The largest absolute Gasteiger partial charge is 0.454 e. The molecule has 26 heavy (non-hydrogen) atoms. The van der Waals surface area contributed by atoms with Crippen molar-refractivity contribution in [3.8, 4) is 23.0 Å². The molecule has 4 heterocycles. The first-order valence-corrected chi connectivity index (χ1v) is 9.16. The van der Waals surface area contributed by atoms with E-state index >= 15 is 0 Å². The summed E-state index contributed by atoms with van der Waals surface area (Å²) in [4.78, 5) is 2.48. The van der Waals surface area contributed by atoms with Crippen molar-refractivity contribution in [2.45, 2.75) is 26.3 Å². The van der Waals surface area contributed by atoms with Crippen LogP contribution in [0.4, 0.5) is 0 Å². The predicted molar refractivity (Wildman–Crippen MR) is 96.3 cm³/mol. The molecule has 0 unspecified atom stereocenters. The van der Waals surface area contributed by atoms with Gasteiger partial charge in [0.25, 0.3) is 0 Å². The normalized spacial score (nSPS) is 18.6. The topological polar surface area (TPSA) is 40.2 Å². The first-order valence-electron chi connectivity index (χ1n) is 9.16. The molecule has 4 aliphatic heterocycles. The van der Waals surface area contributed by atoms with Gasteiger partial charge in [-0.3, -0.25) is 0 Å². The quantitative estimate of drug-likeness (QED) is 0.783. The van der Waals surface area contributed by atoms with Gasteiger partial charge in [0.15, 0.2) is 23.0 Å². The molecule has 6 rings (SSSR count). The molecule has 0 N–H and O–H groups in total. The number of hydrogen-bond acceptors (Lipinski definition) is 5. The molecule has 0 bridgehead atoms. The Balaban J connectivity index is 1.60. The molecule has 0 fully saturated rings. The van der Waals surface area contributed by atoms with Gasteiger partial charge in [0.1, 0.15) is 0 Å². The Kier molecular flexibility index (Phi) is 2.82. The summed E-state index contributed by atoms with van der Waals surface area (Å²) in [5.41, 5.74) is 7.86. The standard InChI is InChI=1S/C21H19NO4/c1-2-13-14-3-4-17-21(26-11-23-17)16(14)9-22-6-5-12-7-18-19(25-10-24-18)8-15(12)20(13)22/h3-4,7-8H,2,5-6,9-11H2,1H3. The van der Waals surface area contributed by atoms with Crippen molar-refractivity contribution in [2.24, 2.45) is 0 Å². The summed E-state index contributed by atoms with van der Waals surface area (Å²) >= 11 is 0. The van der Waals surface area contributed by atoms with E-state index in [0.29, 0.717) is 13.6 Å². The van der Waals surface area contributed by atoms with Gasteiger partial charge in [-0.2, -0.15) is 0 Å². The molecule has 2 aromatic carbocycles. The molecular weight excluding hydrogens is 330 g/mol. The molecule has 132 valence electrons. The molecule has 0 spiro atoms. The lowest BCUT2D eigenvalue weighted by Crippen LogP contribution is -2.33. The molecule has 0 amide bonds. The minimum atomic E-state index is 0.313. The monoisotopic (exact) mass is 349 g/mol. The number of rotatable bonds is 1. The maximum Gasteiger partial charge on any atom is 0.231 e. The van der Waals surface area contributed by atoms with Gasteiger partial charge in [-0.1, -0.05) is 13.0 Å². The second-order valence-corrected chi connectivity index (χ2v) is 7.04. The number of allylic oxidation sites excluding steroid dienone is 1. The summed E-state index contributed by atoms with van der Waals surface area (Å²) in [5.74, 6) is 3.51. The maximum absolute atomic E-state index is 5.79. The Morgan fingerprint density at radius 1 is 0.923 bits per heavy atom. The molecule has 2 aromatic rings. The summed E-state index contributed by atoms with van der Waals surface area (Å²) in [6.07, 6.45) is 1.97. The first kappa shape index (κ1) is 14.4. The lowest BCUT2D eigenvalue weighted by atomic mass is 9.84. The third-order valence-electron chi connectivity index (χ3n) is 5.78. The Bertz CT molecular complexity index is 978. The van der Waals surface area contributed by atoms with Gasteiger partial charge >= 0.3 is 0 Å². The van der Waals surface area contributed by atoms with E-state index in [-0.39, 0.29) is 0 Å². The SMILES string of the molecule is CCC1=C2c3cc4c(cc3CCN2Cc2c1ccc1c2OCO1)OCO4. The van der Waals surface area contributed by atoms with Gasteiger partial charge in [-0.05, 0) is 47.7 Å². The zero-order valence-electron chi connectivity index (χ0n) is 14.6. The molecule has 0 aliphatic carbocycles. The Morgan fingerprint density at radius 3 is 2.62 bits per heavy atom. The summed E-state index contributed by atoms with van der Waals surface area (Å²) in [5, 5.41) is 0. The Morgan fingerprint density at radius 2 is 1.73 bits per heavy atom. The van der Waals surface area contributed by atoms with Crippen LogP contribution in [0.2, 0.25) is 0 Å². The second kappa shape index (κ2) is 5.10. The average Bonchev–Trinajstić information content (AvgIpc) is 3.33. The lowest BCUT2D eigenvalue weighted by molar-refractivity contribution is 0.172. The van der Waals surface area contributed by atoms with Gasteiger partial charge in [-0.25, -0.2) is 0 Å². The Hall–Kier alpha value is -2.82. The van der Waals surface area contributed by atoms with E-state index in [9.17, 15) is 0 Å². The zero-order valence-corrected chi connectivity index (χ0v) is 14.6. The molecule has 0 atom stereocenters. The first-order chi connectivity index (χ1) is 12.8. The maximum atomic E-state index is 5.79. The summed E-state index contributed by atoms with van der Waals surface area (Å²) in [6, 6.07) is 8.54. The minimum Gasteiger partial charge on any atom is -0.454 e. The van der Waals surface area contributed by atoms with E-state index in [1.54, 1.807) is 0 Å². The third-order valence-corrected chi connectivity index (χ3v) is 5.78. The van der Waals surface area contributed by atoms with Crippen LogP contribution in [0, 0.1) is 0 Å². The predicted octanol–water partition coefficient (Wildman–Crippen LogP) is 3.79. The van der Waals surface area contributed by atoms with Crippen LogP contribution in [0.25, 0.3) is 11.3 Å². The highest BCUT2D eigenvalue weighted by Crippen LogP contribution is 2.49. The van der Waals surface area contributed by atoms with Crippen LogP contribution >= 0.6 is 0 Å². The van der Waals surface area contributed by atoms with E-state index in [2.05, 4.69) is 30.0 Å². The van der Waals surface area contributed by atoms with Crippen molar-refractivity contribution in [2.75, 3.05) is 20.1 Å². The van der Waals surface area contributed by atoms with Crippen LogP contribution in [0.3, 0.4) is 0 Å². The fraction of sp³-hybridized carbons (Fsp3) is 0.333. The third kappa shape index (κ3) is 1.80. The number of ether oxygens (including phenoxy) is 4. The van der Waals surface area contributed by atoms with Crippen LogP contribution in [-0.2, 0) is 13.0 Å². The highest BCUT2D eigenvalue weighted by molar-refractivity contribution is 5.95. The zero-order chi connectivity index (χ0) is 17.3. The van der Waals surface area contributed by atoms with Crippen LogP contribution in [0.15, 0.2) is 24.3 Å².